The van der Waals surface area contributed by atoms with Crippen molar-refractivity contribution in [1.82, 2.24) is 0 Å². The van der Waals surface area contributed by atoms with Gasteiger partial charge >= 0.3 is 5.97 Å². The maximum atomic E-state index is 12.6. The van der Waals surface area contributed by atoms with Gasteiger partial charge in [0.05, 0.1) is 12.7 Å². The minimum Gasteiger partial charge on any atom is -0.465 e. The summed E-state index contributed by atoms with van der Waals surface area (Å²) in [7, 11) is 1.33. The molecule has 29 heavy (non-hydrogen) atoms. The van der Waals surface area contributed by atoms with Gasteiger partial charge in [-0.1, -0.05) is 30.3 Å². The van der Waals surface area contributed by atoms with Gasteiger partial charge in [0.15, 0.2) is 0 Å². The van der Waals surface area contributed by atoms with Crippen LogP contribution in [-0.2, 0) is 17.7 Å². The third kappa shape index (κ3) is 4.14. The van der Waals surface area contributed by atoms with Crippen LogP contribution in [0.25, 0.3) is 0 Å². The van der Waals surface area contributed by atoms with E-state index in [1.165, 1.54) is 18.2 Å². The van der Waals surface area contributed by atoms with Crippen LogP contribution < -0.4 is 10.2 Å². The zero-order chi connectivity index (χ0) is 20.2. The normalized spacial score (nSPS) is 12.8. The summed E-state index contributed by atoms with van der Waals surface area (Å²) in [5, 5.41) is 2.83. The smallest absolute Gasteiger partial charge is 0.337 e. The van der Waals surface area contributed by atoms with E-state index in [4.69, 9.17) is 4.74 Å². The molecular formula is C24H22N2O3. The third-order valence-electron chi connectivity index (χ3n) is 5.17. The number of benzene rings is 3. The molecule has 4 rings (SSSR count). The number of amides is 1. The maximum absolute atomic E-state index is 12.6. The van der Waals surface area contributed by atoms with E-state index in [2.05, 4.69) is 34.5 Å². The molecule has 1 N–H and O–H groups in total. The van der Waals surface area contributed by atoms with Gasteiger partial charge in [0.1, 0.15) is 0 Å². The van der Waals surface area contributed by atoms with Crippen molar-refractivity contribution in [1.29, 1.82) is 0 Å². The van der Waals surface area contributed by atoms with Gasteiger partial charge in [-0.3, -0.25) is 4.79 Å². The molecule has 0 radical (unpaired) electrons. The lowest BCUT2D eigenvalue weighted by atomic mass is 9.99. The Bertz CT molecular complexity index is 1040. The van der Waals surface area contributed by atoms with E-state index in [0.717, 1.165) is 25.2 Å². The van der Waals surface area contributed by atoms with Gasteiger partial charge < -0.3 is 15.0 Å². The van der Waals surface area contributed by atoms with E-state index in [9.17, 15) is 9.59 Å². The van der Waals surface area contributed by atoms with Crippen LogP contribution in [0.4, 0.5) is 11.4 Å². The second-order valence-corrected chi connectivity index (χ2v) is 7.01. The van der Waals surface area contributed by atoms with Crippen LogP contribution in [0.5, 0.6) is 0 Å². The molecule has 146 valence electrons. The number of hydrogen-bond acceptors (Lipinski definition) is 4. The van der Waals surface area contributed by atoms with Crippen LogP contribution in [0.3, 0.4) is 0 Å². The molecule has 0 aromatic heterocycles. The number of fused-ring (bicyclic) bond motifs is 1. The fourth-order valence-electron chi connectivity index (χ4n) is 3.58. The molecule has 0 saturated carbocycles. The van der Waals surface area contributed by atoms with Crippen molar-refractivity contribution in [2.75, 3.05) is 23.9 Å². The van der Waals surface area contributed by atoms with Gasteiger partial charge in [0.25, 0.3) is 5.91 Å². The van der Waals surface area contributed by atoms with Crippen LogP contribution in [0, 0.1) is 0 Å². The first-order chi connectivity index (χ1) is 14.1. The number of carbonyl (C=O) groups excluding carboxylic acids is 2. The summed E-state index contributed by atoms with van der Waals surface area (Å²) in [6.45, 7) is 1.84. The molecule has 0 bridgehead atoms. The zero-order valence-corrected chi connectivity index (χ0v) is 16.2. The predicted octanol–water partition coefficient (Wildman–Crippen LogP) is 4.29. The highest BCUT2D eigenvalue weighted by Crippen LogP contribution is 2.25. The van der Waals surface area contributed by atoms with E-state index in [1.54, 1.807) is 24.3 Å². The van der Waals surface area contributed by atoms with Gasteiger partial charge in [-0.25, -0.2) is 4.79 Å². The van der Waals surface area contributed by atoms with Crippen molar-refractivity contribution in [3.8, 4) is 0 Å². The Morgan fingerprint density at radius 1 is 0.897 bits per heavy atom. The summed E-state index contributed by atoms with van der Waals surface area (Å²) in [5.41, 5.74) is 5.37. The molecule has 0 saturated heterocycles. The molecular weight excluding hydrogens is 364 g/mol. The summed E-state index contributed by atoms with van der Waals surface area (Å²) in [5.74, 6) is -0.656. The molecule has 5 nitrogen and oxygen atoms in total. The predicted molar refractivity (Wildman–Crippen MR) is 113 cm³/mol. The molecule has 1 amide bonds. The standard InChI is InChI=1S/C24H22N2O3/c1-29-24(28)19-7-4-8-21(15-19)25-23(27)18-9-11-22(12-10-18)26-14-13-17-5-2-3-6-20(17)16-26/h2-12,15H,13-14,16H2,1H3,(H,25,27). The summed E-state index contributed by atoms with van der Waals surface area (Å²) >= 11 is 0. The monoisotopic (exact) mass is 386 g/mol. The van der Waals surface area contributed by atoms with Gasteiger partial charge in [0, 0.05) is 30.0 Å². The SMILES string of the molecule is COC(=O)c1cccc(NC(=O)c2ccc(N3CCc4ccccc4C3)cc2)c1. The number of anilines is 2. The largest absolute Gasteiger partial charge is 0.465 e. The van der Waals surface area contributed by atoms with Crippen LogP contribution in [0.2, 0.25) is 0 Å². The second-order valence-electron chi connectivity index (χ2n) is 7.01. The summed E-state index contributed by atoms with van der Waals surface area (Å²) < 4.78 is 4.72. The highest BCUT2D eigenvalue weighted by Gasteiger charge is 2.16. The highest BCUT2D eigenvalue weighted by molar-refractivity contribution is 6.05. The highest BCUT2D eigenvalue weighted by atomic mass is 16.5. The van der Waals surface area contributed by atoms with E-state index in [0.29, 0.717) is 16.8 Å². The minimum atomic E-state index is -0.437. The Balaban J connectivity index is 1.44. The molecule has 3 aromatic carbocycles. The van der Waals surface area contributed by atoms with E-state index >= 15 is 0 Å². The van der Waals surface area contributed by atoms with Gasteiger partial charge in [0.2, 0.25) is 0 Å². The van der Waals surface area contributed by atoms with Crippen LogP contribution in [0.15, 0.2) is 72.8 Å². The fourth-order valence-corrected chi connectivity index (χ4v) is 3.58. The molecule has 1 aliphatic heterocycles. The van der Waals surface area contributed by atoms with Gasteiger partial charge in [-0.2, -0.15) is 0 Å². The van der Waals surface area contributed by atoms with E-state index in [1.807, 2.05) is 24.3 Å². The molecule has 0 aliphatic carbocycles. The Morgan fingerprint density at radius 3 is 2.41 bits per heavy atom. The number of methoxy groups -OCH3 is 1. The molecule has 0 fully saturated rings. The molecule has 3 aromatic rings. The first-order valence-corrected chi connectivity index (χ1v) is 9.55. The number of nitrogens with one attached hydrogen (secondary N) is 1. The first-order valence-electron chi connectivity index (χ1n) is 9.55. The number of carbonyl (C=O) groups is 2. The lowest BCUT2D eigenvalue weighted by molar-refractivity contribution is 0.0600. The number of esters is 1. The summed E-state index contributed by atoms with van der Waals surface area (Å²) in [6.07, 6.45) is 1.02. The second kappa shape index (κ2) is 8.19. The average Bonchev–Trinajstić information content (AvgIpc) is 2.78. The number of ether oxygens (including phenoxy) is 1. The van der Waals surface area contributed by atoms with Crippen molar-refractivity contribution in [2.24, 2.45) is 0 Å². The van der Waals surface area contributed by atoms with Gasteiger partial charge in [-0.05, 0) is 60.0 Å². The van der Waals surface area contributed by atoms with Crippen LogP contribution in [-0.4, -0.2) is 25.5 Å². The first kappa shape index (κ1) is 18.7. The van der Waals surface area contributed by atoms with Crippen molar-refractivity contribution in [3.05, 3.63) is 95.1 Å². The van der Waals surface area contributed by atoms with Gasteiger partial charge in [-0.15, -0.1) is 0 Å². The Labute approximate surface area is 169 Å². The van der Waals surface area contributed by atoms with E-state index < -0.39 is 5.97 Å². The third-order valence-corrected chi connectivity index (χ3v) is 5.17. The van der Waals surface area contributed by atoms with Crippen LogP contribution in [0.1, 0.15) is 31.8 Å². The number of hydrogen-bond donors (Lipinski definition) is 1. The molecule has 0 unspecified atom stereocenters. The summed E-state index contributed by atoms with van der Waals surface area (Å²) in [6, 6.07) is 22.8. The molecule has 0 spiro atoms. The van der Waals surface area contributed by atoms with Crippen LogP contribution >= 0.6 is 0 Å². The molecule has 1 heterocycles. The molecule has 1 aliphatic rings. The maximum Gasteiger partial charge on any atom is 0.337 e. The van der Waals surface area contributed by atoms with Crippen molar-refractivity contribution in [3.63, 3.8) is 0 Å². The Morgan fingerprint density at radius 2 is 1.66 bits per heavy atom. The summed E-state index contributed by atoms with van der Waals surface area (Å²) in [4.78, 5) is 26.5. The fraction of sp³-hybridized carbons (Fsp3) is 0.167. The minimum absolute atomic E-state index is 0.220. The van der Waals surface area contributed by atoms with E-state index in [-0.39, 0.29) is 5.91 Å². The molecule has 0 atom stereocenters. The molecule has 5 heteroatoms. The number of rotatable bonds is 4. The topological polar surface area (TPSA) is 58.6 Å². The van der Waals surface area contributed by atoms with Crippen molar-refractivity contribution < 1.29 is 14.3 Å². The lowest BCUT2D eigenvalue weighted by Gasteiger charge is -2.30. The number of nitrogens with zero attached hydrogens (tertiary/aromatic N) is 1. The zero-order valence-electron chi connectivity index (χ0n) is 16.2. The lowest BCUT2D eigenvalue weighted by Crippen LogP contribution is -2.30. The van der Waals surface area contributed by atoms with Crippen molar-refractivity contribution >= 4 is 23.3 Å². The quantitative estimate of drug-likeness (QED) is 0.680. The Kier molecular flexibility index (Phi) is 5.29. The van der Waals surface area contributed by atoms with Crippen molar-refractivity contribution in [2.45, 2.75) is 13.0 Å². The average molecular weight is 386 g/mol. The Hall–Kier alpha value is -3.60.